The molecular weight excluding hydrogens is 324 g/mol. The fourth-order valence-corrected chi connectivity index (χ4v) is 3.58. The van der Waals surface area contributed by atoms with Gasteiger partial charge in [0.15, 0.2) is 11.5 Å². The first-order valence-electron chi connectivity index (χ1n) is 7.98. The van der Waals surface area contributed by atoms with Crippen molar-refractivity contribution < 1.29 is 4.79 Å². The van der Waals surface area contributed by atoms with Crippen LogP contribution in [0.5, 0.6) is 0 Å². The number of fused-ring (bicyclic) bond motifs is 1. The Morgan fingerprint density at radius 3 is 2.96 bits per heavy atom. The van der Waals surface area contributed by atoms with Crippen molar-refractivity contribution in [3.8, 4) is 0 Å². The van der Waals surface area contributed by atoms with Crippen molar-refractivity contribution in [1.29, 1.82) is 0 Å². The van der Waals surface area contributed by atoms with Crippen LogP contribution in [0.4, 0.5) is 4.79 Å². The van der Waals surface area contributed by atoms with Crippen molar-refractivity contribution >= 4 is 23.0 Å². The number of carbonyl (C=O) groups is 1. The summed E-state index contributed by atoms with van der Waals surface area (Å²) in [6.45, 7) is 1.90. The third kappa shape index (κ3) is 2.96. The van der Waals surface area contributed by atoms with Gasteiger partial charge in [0.2, 0.25) is 0 Å². The van der Waals surface area contributed by atoms with Crippen molar-refractivity contribution in [2.45, 2.75) is 31.8 Å². The van der Waals surface area contributed by atoms with Gasteiger partial charge in [0.25, 0.3) is 0 Å². The van der Waals surface area contributed by atoms with E-state index in [1.807, 2.05) is 41.1 Å². The Morgan fingerprint density at radius 1 is 1.33 bits per heavy atom. The van der Waals surface area contributed by atoms with E-state index >= 15 is 0 Å². The van der Waals surface area contributed by atoms with E-state index in [1.54, 1.807) is 17.5 Å². The number of amides is 2. The zero-order valence-electron chi connectivity index (χ0n) is 13.2. The second-order valence-corrected chi connectivity index (χ2v) is 6.94. The minimum absolute atomic E-state index is 0.00709. The predicted molar refractivity (Wildman–Crippen MR) is 90.6 cm³/mol. The van der Waals surface area contributed by atoms with Crippen molar-refractivity contribution in [3.05, 3.63) is 46.8 Å². The van der Waals surface area contributed by atoms with Gasteiger partial charge in [-0.2, -0.15) is 0 Å². The van der Waals surface area contributed by atoms with Crippen molar-refractivity contribution in [2.24, 2.45) is 5.92 Å². The number of nitrogens with zero attached hydrogens (tertiary/aromatic N) is 4. The molecule has 1 aliphatic carbocycles. The lowest BCUT2D eigenvalue weighted by Gasteiger charge is -2.18. The van der Waals surface area contributed by atoms with E-state index in [1.165, 1.54) is 0 Å². The highest BCUT2D eigenvalue weighted by molar-refractivity contribution is 7.09. The number of hydrogen-bond acceptors (Lipinski definition) is 5. The summed E-state index contributed by atoms with van der Waals surface area (Å²) in [6.07, 6.45) is 5.94. The molecule has 3 heterocycles. The van der Waals surface area contributed by atoms with Crippen molar-refractivity contribution in [2.75, 3.05) is 0 Å². The number of rotatable bonds is 5. The van der Waals surface area contributed by atoms with E-state index in [4.69, 9.17) is 0 Å². The van der Waals surface area contributed by atoms with Gasteiger partial charge < -0.3 is 10.6 Å². The van der Waals surface area contributed by atoms with Gasteiger partial charge in [-0.15, -0.1) is 21.5 Å². The minimum atomic E-state index is -0.251. The van der Waals surface area contributed by atoms with Crippen LogP contribution in [0, 0.1) is 5.92 Å². The molecule has 0 unspecified atom stereocenters. The Hall–Kier alpha value is -2.48. The Morgan fingerprint density at radius 2 is 2.21 bits per heavy atom. The SMILES string of the molecule is C[C@@H](NC(=O)N[C@@H](c1nccs1)C1CC1)c1nnc2ccccn12. The van der Waals surface area contributed by atoms with Gasteiger partial charge in [-0.1, -0.05) is 6.07 Å². The van der Waals surface area contributed by atoms with E-state index in [0.29, 0.717) is 11.7 Å². The van der Waals surface area contributed by atoms with Crippen LogP contribution in [0.25, 0.3) is 5.65 Å². The number of nitrogens with one attached hydrogen (secondary N) is 2. The smallest absolute Gasteiger partial charge is 0.315 e. The van der Waals surface area contributed by atoms with Crippen LogP contribution >= 0.6 is 11.3 Å². The summed E-state index contributed by atoms with van der Waals surface area (Å²) in [6, 6.07) is 5.24. The van der Waals surface area contributed by atoms with Crippen LogP contribution in [0.15, 0.2) is 36.0 Å². The number of carbonyl (C=O) groups excluding carboxylic acids is 1. The van der Waals surface area contributed by atoms with Crippen LogP contribution < -0.4 is 10.6 Å². The number of aromatic nitrogens is 4. The number of urea groups is 1. The highest BCUT2D eigenvalue weighted by Crippen LogP contribution is 2.41. The molecule has 4 rings (SSSR count). The lowest BCUT2D eigenvalue weighted by molar-refractivity contribution is 0.232. The summed E-state index contributed by atoms with van der Waals surface area (Å²) in [5, 5.41) is 17.2. The van der Waals surface area contributed by atoms with Crippen LogP contribution in [0.3, 0.4) is 0 Å². The Bertz CT molecular complexity index is 841. The van der Waals surface area contributed by atoms with Gasteiger partial charge in [0.1, 0.15) is 5.01 Å². The predicted octanol–water partition coefficient (Wildman–Crippen LogP) is 2.70. The zero-order valence-corrected chi connectivity index (χ0v) is 14.0. The quantitative estimate of drug-likeness (QED) is 0.747. The van der Waals surface area contributed by atoms with Gasteiger partial charge in [-0.25, -0.2) is 9.78 Å². The van der Waals surface area contributed by atoms with Gasteiger partial charge in [0.05, 0.1) is 12.1 Å². The van der Waals surface area contributed by atoms with Crippen LogP contribution in [0.1, 0.15) is 42.7 Å². The van der Waals surface area contributed by atoms with Gasteiger partial charge in [0, 0.05) is 17.8 Å². The molecular formula is C16H18N6OS. The lowest BCUT2D eigenvalue weighted by Crippen LogP contribution is -2.40. The molecule has 3 aromatic heterocycles. The highest BCUT2D eigenvalue weighted by atomic mass is 32.1. The maximum atomic E-state index is 12.4. The Labute approximate surface area is 143 Å². The number of hydrogen-bond donors (Lipinski definition) is 2. The molecule has 0 aliphatic heterocycles. The number of pyridine rings is 1. The molecule has 2 atom stereocenters. The average Bonchev–Trinajstić information content (AvgIpc) is 3.11. The molecule has 24 heavy (non-hydrogen) atoms. The van der Waals surface area contributed by atoms with Gasteiger partial charge in [-0.05, 0) is 37.8 Å². The summed E-state index contributed by atoms with van der Waals surface area (Å²) in [7, 11) is 0. The van der Waals surface area contributed by atoms with Crippen LogP contribution in [-0.4, -0.2) is 25.6 Å². The molecule has 0 bridgehead atoms. The molecule has 2 N–H and O–H groups in total. The molecule has 0 radical (unpaired) electrons. The lowest BCUT2D eigenvalue weighted by atomic mass is 10.2. The molecule has 1 fully saturated rings. The fraction of sp³-hybridized carbons (Fsp3) is 0.375. The van der Waals surface area contributed by atoms with Crippen LogP contribution in [0.2, 0.25) is 0 Å². The second-order valence-electron chi connectivity index (χ2n) is 6.01. The van der Waals surface area contributed by atoms with Crippen molar-refractivity contribution in [3.63, 3.8) is 0 Å². The first kappa shape index (κ1) is 15.1. The van der Waals surface area contributed by atoms with E-state index in [-0.39, 0.29) is 18.1 Å². The largest absolute Gasteiger partial charge is 0.329 e. The van der Waals surface area contributed by atoms with E-state index in [2.05, 4.69) is 25.8 Å². The number of thiazole rings is 1. The van der Waals surface area contributed by atoms with Gasteiger partial charge >= 0.3 is 6.03 Å². The summed E-state index contributed by atoms with van der Waals surface area (Å²) in [5.74, 6) is 1.20. The fourth-order valence-electron chi connectivity index (χ4n) is 2.80. The summed E-state index contributed by atoms with van der Waals surface area (Å²) in [5.41, 5.74) is 0.764. The summed E-state index contributed by atoms with van der Waals surface area (Å²) >= 11 is 1.58. The molecule has 124 valence electrons. The third-order valence-corrected chi connectivity index (χ3v) is 5.03. The van der Waals surface area contributed by atoms with E-state index in [9.17, 15) is 4.79 Å². The standard InChI is InChI=1S/C16H18N6OS/c1-10(14-21-20-12-4-2-3-8-22(12)14)18-16(23)19-13(11-5-6-11)15-17-7-9-24-15/h2-4,7-11,13H,5-6H2,1H3,(H2,18,19,23)/t10-,13-/m1/s1. The van der Waals surface area contributed by atoms with E-state index < -0.39 is 0 Å². The third-order valence-electron chi connectivity index (χ3n) is 4.17. The van der Waals surface area contributed by atoms with Gasteiger partial charge in [-0.3, -0.25) is 4.40 Å². The molecule has 3 aromatic rings. The first-order chi connectivity index (χ1) is 11.7. The van der Waals surface area contributed by atoms with E-state index in [0.717, 1.165) is 23.5 Å². The second kappa shape index (κ2) is 6.20. The molecule has 0 saturated heterocycles. The topological polar surface area (TPSA) is 84.2 Å². The maximum absolute atomic E-state index is 12.4. The zero-order chi connectivity index (χ0) is 16.5. The summed E-state index contributed by atoms with van der Waals surface area (Å²) in [4.78, 5) is 16.8. The highest BCUT2D eigenvalue weighted by Gasteiger charge is 2.35. The average molecular weight is 342 g/mol. The minimum Gasteiger partial charge on any atom is -0.329 e. The molecule has 0 spiro atoms. The first-order valence-corrected chi connectivity index (χ1v) is 8.86. The Kier molecular flexibility index (Phi) is 3.89. The Balaban J connectivity index is 1.45. The maximum Gasteiger partial charge on any atom is 0.315 e. The molecule has 0 aromatic carbocycles. The molecule has 2 amide bonds. The molecule has 7 nitrogen and oxygen atoms in total. The molecule has 1 saturated carbocycles. The van der Waals surface area contributed by atoms with Crippen LogP contribution in [-0.2, 0) is 0 Å². The molecule has 1 aliphatic rings. The monoisotopic (exact) mass is 342 g/mol. The summed E-state index contributed by atoms with van der Waals surface area (Å²) < 4.78 is 1.88. The molecule has 8 heteroatoms. The normalized spacial score (nSPS) is 16.7. The van der Waals surface area contributed by atoms with Crippen molar-refractivity contribution in [1.82, 2.24) is 30.2 Å².